The summed E-state index contributed by atoms with van der Waals surface area (Å²) in [6.07, 6.45) is 16.6. The van der Waals surface area contributed by atoms with Gasteiger partial charge in [-0.25, -0.2) is 4.79 Å². The Bertz CT molecular complexity index is 765. The summed E-state index contributed by atoms with van der Waals surface area (Å²) in [6.45, 7) is 13.9. The van der Waals surface area contributed by atoms with E-state index in [0.717, 1.165) is 30.8 Å². The van der Waals surface area contributed by atoms with Gasteiger partial charge in [-0.15, -0.1) is 0 Å². The smallest absolute Gasteiger partial charge is 0.338 e. The van der Waals surface area contributed by atoms with Gasteiger partial charge < -0.3 is 14.3 Å². The maximum absolute atomic E-state index is 11.3. The third-order valence-electron chi connectivity index (χ3n) is 5.62. The Balaban J connectivity index is 0.000000327. The summed E-state index contributed by atoms with van der Waals surface area (Å²) in [4.78, 5) is 11.3. The van der Waals surface area contributed by atoms with Crippen LogP contribution in [0.1, 0.15) is 78.7 Å². The van der Waals surface area contributed by atoms with Crippen molar-refractivity contribution in [2.75, 3.05) is 0 Å². The molecule has 1 aromatic rings. The molecule has 1 aliphatic heterocycles. The molecule has 172 valence electrons. The first-order valence-electron chi connectivity index (χ1n) is 11.3. The highest BCUT2D eigenvalue weighted by Gasteiger charge is 2.31. The molecule has 1 aromatic heterocycles. The zero-order chi connectivity index (χ0) is 23.2. The van der Waals surface area contributed by atoms with Crippen LogP contribution in [0.25, 0.3) is 0 Å². The average Bonchev–Trinajstić information content (AvgIpc) is 3.33. The lowest BCUT2D eigenvalue weighted by Gasteiger charge is -2.11. The lowest BCUT2D eigenvalue weighted by molar-refractivity contribution is -0.140. The number of ether oxygens (including phenoxy) is 1. The molecule has 0 spiro atoms. The number of esters is 1. The van der Waals surface area contributed by atoms with Crippen LogP contribution in [0.4, 0.5) is 0 Å². The van der Waals surface area contributed by atoms with Crippen molar-refractivity contribution in [3.8, 4) is 0 Å². The molecule has 4 heteroatoms. The van der Waals surface area contributed by atoms with E-state index in [4.69, 9.17) is 9.15 Å². The van der Waals surface area contributed by atoms with Crippen LogP contribution < -0.4 is 0 Å². The van der Waals surface area contributed by atoms with E-state index >= 15 is 0 Å². The number of aliphatic hydroxyl groups excluding tert-OH is 1. The largest absolute Gasteiger partial charge is 0.508 e. The Morgan fingerprint density at radius 1 is 1.32 bits per heavy atom. The van der Waals surface area contributed by atoms with Gasteiger partial charge in [0.25, 0.3) is 0 Å². The van der Waals surface area contributed by atoms with Crippen LogP contribution in [0.2, 0.25) is 0 Å². The molecule has 0 saturated heterocycles. The van der Waals surface area contributed by atoms with Gasteiger partial charge in [-0.3, -0.25) is 0 Å². The Kier molecular flexibility index (Phi) is 12.4. The van der Waals surface area contributed by atoms with E-state index in [1.165, 1.54) is 30.4 Å². The lowest BCUT2D eigenvalue weighted by atomic mass is 10.0. The van der Waals surface area contributed by atoms with Crippen molar-refractivity contribution >= 4 is 5.97 Å². The predicted molar refractivity (Wildman–Crippen MR) is 128 cm³/mol. The molecule has 2 atom stereocenters. The molecule has 0 radical (unpaired) electrons. The standard InChI is InChI=1S/C15H24O3.C12H16O/c1-5-10(2)7-6-8-11(3)9-13-14(16)12(4)15(17)18-13;1-3-5-11(2)6-4-7-12-8-9-13-10-12/h8,10,13,16H,5-7,9H2,1-4H3;3,5,8-10H,1,4,6-7H2,2H3/b11-8+;11-5+/t10-,13?;/m1./s1. The number of furan rings is 1. The first kappa shape index (κ1) is 26.5. The highest BCUT2D eigenvalue weighted by molar-refractivity contribution is 5.91. The Hall–Kier alpha value is -2.49. The number of aryl methyl sites for hydroxylation is 1. The quantitative estimate of drug-likeness (QED) is 0.223. The van der Waals surface area contributed by atoms with Crippen molar-refractivity contribution in [1.29, 1.82) is 0 Å². The monoisotopic (exact) mass is 428 g/mol. The lowest BCUT2D eigenvalue weighted by Crippen LogP contribution is -2.12. The SMILES string of the molecule is C=C/C=C(\C)CCCc1ccoc1.CC[C@@H](C)CC/C=C(\C)CC1OC(=O)C(C)=C1O. The van der Waals surface area contributed by atoms with E-state index in [1.807, 2.05) is 25.3 Å². The highest BCUT2D eigenvalue weighted by Crippen LogP contribution is 2.25. The van der Waals surface area contributed by atoms with Crippen molar-refractivity contribution in [2.24, 2.45) is 5.92 Å². The van der Waals surface area contributed by atoms with E-state index in [1.54, 1.807) is 13.2 Å². The fourth-order valence-corrected chi connectivity index (χ4v) is 3.24. The second-order valence-corrected chi connectivity index (χ2v) is 8.48. The van der Waals surface area contributed by atoms with Gasteiger partial charge in [0.05, 0.1) is 18.1 Å². The number of rotatable bonds is 11. The summed E-state index contributed by atoms with van der Waals surface area (Å²) in [6, 6.07) is 2.02. The molecule has 0 amide bonds. The molecule has 0 bridgehead atoms. The van der Waals surface area contributed by atoms with E-state index in [2.05, 4.69) is 39.5 Å². The maximum atomic E-state index is 11.3. The van der Waals surface area contributed by atoms with E-state index < -0.39 is 12.1 Å². The number of hydrogen-bond donors (Lipinski definition) is 1. The first-order chi connectivity index (χ1) is 14.8. The van der Waals surface area contributed by atoms with E-state index in [9.17, 15) is 9.90 Å². The Morgan fingerprint density at radius 3 is 2.61 bits per heavy atom. The predicted octanol–water partition coefficient (Wildman–Crippen LogP) is 7.64. The van der Waals surface area contributed by atoms with Crippen LogP contribution in [0, 0.1) is 5.92 Å². The number of cyclic esters (lactones) is 1. The van der Waals surface area contributed by atoms with Crippen LogP contribution in [0.15, 0.2) is 70.3 Å². The number of aliphatic hydroxyl groups is 1. The molecule has 1 N–H and O–H groups in total. The minimum atomic E-state index is -0.475. The van der Waals surface area contributed by atoms with Gasteiger partial charge in [-0.2, -0.15) is 0 Å². The van der Waals surface area contributed by atoms with E-state index in [0.29, 0.717) is 12.0 Å². The van der Waals surface area contributed by atoms with Crippen molar-refractivity contribution in [3.05, 3.63) is 71.4 Å². The van der Waals surface area contributed by atoms with Gasteiger partial charge in [0, 0.05) is 6.42 Å². The van der Waals surface area contributed by atoms with Crippen LogP contribution in [-0.2, 0) is 16.0 Å². The van der Waals surface area contributed by atoms with E-state index in [-0.39, 0.29) is 5.76 Å². The second kappa shape index (κ2) is 14.5. The van der Waals surface area contributed by atoms with Crippen molar-refractivity contribution in [3.63, 3.8) is 0 Å². The second-order valence-electron chi connectivity index (χ2n) is 8.48. The number of hydrogen-bond acceptors (Lipinski definition) is 4. The van der Waals surface area contributed by atoms with Crippen molar-refractivity contribution in [1.82, 2.24) is 0 Å². The van der Waals surface area contributed by atoms with Gasteiger partial charge in [-0.1, -0.05) is 56.2 Å². The van der Waals surface area contributed by atoms with Gasteiger partial charge in [-0.05, 0) is 70.4 Å². The summed E-state index contributed by atoms with van der Waals surface area (Å²) in [5.41, 5.74) is 4.18. The van der Waals surface area contributed by atoms with Gasteiger partial charge in [0.2, 0.25) is 0 Å². The number of carbonyl (C=O) groups excluding carboxylic acids is 1. The van der Waals surface area contributed by atoms with Gasteiger partial charge in [0.1, 0.15) is 5.76 Å². The van der Waals surface area contributed by atoms with Gasteiger partial charge in [0.15, 0.2) is 6.10 Å². The molecule has 0 fully saturated rings. The molecular weight excluding hydrogens is 388 g/mol. The van der Waals surface area contributed by atoms with Gasteiger partial charge >= 0.3 is 5.97 Å². The fourth-order valence-electron chi connectivity index (χ4n) is 3.24. The third kappa shape index (κ3) is 10.4. The summed E-state index contributed by atoms with van der Waals surface area (Å²) in [7, 11) is 0. The molecule has 0 saturated carbocycles. The first-order valence-corrected chi connectivity index (χ1v) is 11.3. The minimum absolute atomic E-state index is 0.0923. The summed E-state index contributed by atoms with van der Waals surface area (Å²) in [5, 5.41) is 9.74. The summed E-state index contributed by atoms with van der Waals surface area (Å²) < 4.78 is 10.1. The molecule has 1 aliphatic rings. The normalized spacial score (nSPS) is 17.8. The molecule has 4 nitrogen and oxygen atoms in total. The van der Waals surface area contributed by atoms with Crippen molar-refractivity contribution < 1.29 is 19.1 Å². The van der Waals surface area contributed by atoms with Crippen LogP contribution >= 0.6 is 0 Å². The molecular formula is C27H40O4. The number of carbonyl (C=O) groups is 1. The van der Waals surface area contributed by atoms with Crippen LogP contribution in [-0.4, -0.2) is 17.2 Å². The summed E-state index contributed by atoms with van der Waals surface area (Å²) >= 11 is 0. The topological polar surface area (TPSA) is 59.7 Å². The third-order valence-corrected chi connectivity index (χ3v) is 5.62. The van der Waals surface area contributed by atoms with Crippen LogP contribution in [0.3, 0.4) is 0 Å². The molecule has 1 unspecified atom stereocenters. The molecule has 2 heterocycles. The van der Waals surface area contributed by atoms with Crippen molar-refractivity contribution in [2.45, 2.75) is 85.7 Å². The Labute approximate surface area is 188 Å². The molecule has 0 aliphatic carbocycles. The fraction of sp³-hybridized carbons (Fsp3) is 0.519. The Morgan fingerprint density at radius 2 is 2.06 bits per heavy atom. The average molecular weight is 429 g/mol. The van der Waals surface area contributed by atoms with Crippen LogP contribution in [0.5, 0.6) is 0 Å². The highest BCUT2D eigenvalue weighted by atomic mass is 16.6. The number of allylic oxidation sites excluding steroid dienone is 4. The zero-order valence-corrected chi connectivity index (χ0v) is 19.9. The zero-order valence-electron chi connectivity index (χ0n) is 19.9. The maximum Gasteiger partial charge on any atom is 0.338 e. The molecule has 31 heavy (non-hydrogen) atoms. The minimum Gasteiger partial charge on any atom is -0.508 e. The molecule has 2 rings (SSSR count). The molecule has 0 aromatic carbocycles. The summed E-state index contributed by atoms with van der Waals surface area (Å²) in [5.74, 6) is 0.438.